The van der Waals surface area contributed by atoms with Gasteiger partial charge in [-0.2, -0.15) is 0 Å². The van der Waals surface area contributed by atoms with Gasteiger partial charge in [0, 0.05) is 6.42 Å². The van der Waals surface area contributed by atoms with E-state index in [0.29, 0.717) is 11.2 Å². The predicted octanol–water partition coefficient (Wildman–Crippen LogP) is -0.530. The molecule has 1 unspecified atom stereocenters. The second-order valence-electron chi connectivity index (χ2n) is 4.40. The predicted molar refractivity (Wildman–Crippen MR) is 64.7 cm³/mol. The second-order valence-corrected chi connectivity index (χ2v) is 4.40. The molecule has 0 spiro atoms. The maximum atomic E-state index is 9.99. The Hall–Kier alpha value is -2.01. The summed E-state index contributed by atoms with van der Waals surface area (Å²) in [7, 11) is 0. The minimum atomic E-state index is -1.37. The van der Waals surface area contributed by atoms with Crippen molar-refractivity contribution in [1.82, 2.24) is 19.5 Å². The molecule has 0 bridgehead atoms. The third kappa shape index (κ3) is 1.69. The van der Waals surface area contributed by atoms with Crippen LogP contribution in [0.4, 0.5) is 0 Å². The van der Waals surface area contributed by atoms with E-state index < -0.39 is 24.5 Å². The quantitative estimate of drug-likeness (QED) is 0.705. The molecule has 0 amide bonds. The van der Waals surface area contributed by atoms with Gasteiger partial charge in [-0.1, -0.05) is 5.92 Å². The largest absolute Gasteiger partial charge is 0.392 e. The molecule has 1 aliphatic heterocycles. The van der Waals surface area contributed by atoms with Gasteiger partial charge in [0.15, 0.2) is 11.2 Å². The lowest BCUT2D eigenvalue weighted by atomic mass is 9.99. The Labute approximate surface area is 108 Å². The lowest BCUT2D eigenvalue weighted by Crippen LogP contribution is -2.41. The van der Waals surface area contributed by atoms with Crippen molar-refractivity contribution in [2.24, 2.45) is 0 Å². The molecule has 19 heavy (non-hydrogen) atoms. The molecule has 7 nitrogen and oxygen atoms in total. The summed E-state index contributed by atoms with van der Waals surface area (Å²) in [5.74, 6) is 2.33. The molecule has 7 heteroatoms. The third-order valence-electron chi connectivity index (χ3n) is 3.34. The van der Waals surface area contributed by atoms with E-state index in [1.54, 1.807) is 17.1 Å². The number of aromatic nitrogens is 4. The van der Waals surface area contributed by atoms with Crippen LogP contribution in [0.3, 0.4) is 0 Å². The van der Waals surface area contributed by atoms with Crippen molar-refractivity contribution >= 4 is 11.2 Å². The van der Waals surface area contributed by atoms with Gasteiger partial charge in [0.05, 0.1) is 19.1 Å². The number of ether oxygens (including phenoxy) is 1. The van der Waals surface area contributed by atoms with Gasteiger partial charge in [-0.25, -0.2) is 15.0 Å². The first-order chi connectivity index (χ1) is 9.20. The summed E-state index contributed by atoms with van der Waals surface area (Å²) in [6.07, 6.45) is 8.72. The van der Waals surface area contributed by atoms with Crippen LogP contribution in [0.15, 0.2) is 18.9 Å². The minimum absolute atomic E-state index is 0.264. The number of imidazole rings is 1. The summed E-state index contributed by atoms with van der Waals surface area (Å²) < 4.78 is 7.31. The number of terminal acetylenes is 1. The van der Waals surface area contributed by atoms with Crippen molar-refractivity contribution in [3.63, 3.8) is 0 Å². The SMILES string of the molecule is C#C[C@]1(CO)O[C@@H](n2cnc3cncnc32)CC1O. The van der Waals surface area contributed by atoms with Crippen LogP contribution in [0.25, 0.3) is 11.2 Å². The summed E-state index contributed by atoms with van der Waals surface area (Å²) in [5.41, 5.74) is -0.144. The third-order valence-corrected chi connectivity index (χ3v) is 3.34. The van der Waals surface area contributed by atoms with Crippen LogP contribution in [0.1, 0.15) is 12.6 Å². The first-order valence-electron chi connectivity index (χ1n) is 5.77. The fraction of sp³-hybridized carbons (Fsp3) is 0.417. The van der Waals surface area contributed by atoms with Crippen molar-refractivity contribution < 1.29 is 14.9 Å². The molecule has 2 aromatic rings. The van der Waals surface area contributed by atoms with Gasteiger partial charge in [-0.3, -0.25) is 4.57 Å². The van der Waals surface area contributed by atoms with Crippen LogP contribution < -0.4 is 0 Å². The Morgan fingerprint density at radius 3 is 3.11 bits per heavy atom. The molecule has 2 N–H and O–H groups in total. The molecule has 3 atom stereocenters. The van der Waals surface area contributed by atoms with E-state index in [9.17, 15) is 10.2 Å². The zero-order valence-corrected chi connectivity index (χ0v) is 9.97. The van der Waals surface area contributed by atoms with E-state index in [1.807, 2.05) is 0 Å². The van der Waals surface area contributed by atoms with E-state index in [1.165, 1.54) is 6.33 Å². The number of fused-ring (bicyclic) bond motifs is 1. The Morgan fingerprint density at radius 2 is 2.42 bits per heavy atom. The summed E-state index contributed by atoms with van der Waals surface area (Å²) in [6, 6.07) is 0. The molecule has 1 fully saturated rings. The molecule has 1 aliphatic rings. The molecular formula is C12H12N4O3. The number of aliphatic hydroxyl groups is 2. The number of aliphatic hydroxyl groups excluding tert-OH is 2. The maximum Gasteiger partial charge on any atom is 0.179 e. The van der Waals surface area contributed by atoms with Crippen LogP contribution >= 0.6 is 0 Å². The molecule has 3 heterocycles. The Bertz CT molecular complexity index is 650. The van der Waals surface area contributed by atoms with Crippen LogP contribution in [0.5, 0.6) is 0 Å². The minimum Gasteiger partial charge on any atom is -0.392 e. The van der Waals surface area contributed by atoms with Crippen LogP contribution in [0.2, 0.25) is 0 Å². The molecule has 0 saturated carbocycles. The molecule has 0 aromatic carbocycles. The number of nitrogens with zero attached hydrogens (tertiary/aromatic N) is 4. The Balaban J connectivity index is 1.99. The lowest BCUT2D eigenvalue weighted by Gasteiger charge is -2.23. The topological polar surface area (TPSA) is 93.3 Å². The standard InChI is InChI=1S/C12H12N4O3/c1-2-12(5-17)9(18)3-10(19-12)16-7-15-8-4-13-6-14-11(8)16/h1,4,6-7,9-10,17-18H,3,5H2/t9?,10-,12-/m1/s1. The molecule has 2 aromatic heterocycles. The molecule has 1 saturated heterocycles. The van der Waals surface area contributed by atoms with E-state index in [-0.39, 0.29) is 6.42 Å². The molecular weight excluding hydrogens is 248 g/mol. The molecule has 0 aliphatic carbocycles. The first-order valence-corrected chi connectivity index (χ1v) is 5.77. The highest BCUT2D eigenvalue weighted by atomic mass is 16.6. The Kier molecular flexibility index (Phi) is 2.71. The van der Waals surface area contributed by atoms with Crippen molar-refractivity contribution in [3.8, 4) is 12.3 Å². The zero-order chi connectivity index (χ0) is 13.5. The van der Waals surface area contributed by atoms with E-state index >= 15 is 0 Å². The van der Waals surface area contributed by atoms with E-state index in [4.69, 9.17) is 11.2 Å². The van der Waals surface area contributed by atoms with Crippen LogP contribution in [-0.2, 0) is 4.74 Å². The van der Waals surface area contributed by atoms with E-state index in [0.717, 1.165) is 0 Å². The van der Waals surface area contributed by atoms with Gasteiger partial charge >= 0.3 is 0 Å². The number of rotatable bonds is 2. The van der Waals surface area contributed by atoms with Crippen molar-refractivity contribution in [1.29, 1.82) is 0 Å². The average molecular weight is 260 g/mol. The lowest BCUT2D eigenvalue weighted by molar-refractivity contribution is -0.0891. The molecule has 3 rings (SSSR count). The van der Waals surface area contributed by atoms with Crippen LogP contribution in [0, 0.1) is 12.3 Å². The monoisotopic (exact) mass is 260 g/mol. The second kappa shape index (κ2) is 4.28. The van der Waals surface area contributed by atoms with Gasteiger partial charge in [-0.05, 0) is 0 Å². The average Bonchev–Trinajstić information content (AvgIpc) is 3.00. The number of hydrogen-bond acceptors (Lipinski definition) is 6. The van der Waals surface area contributed by atoms with E-state index in [2.05, 4.69) is 20.9 Å². The first kappa shape index (κ1) is 12.0. The number of hydrogen-bond donors (Lipinski definition) is 2. The van der Waals surface area contributed by atoms with Crippen molar-refractivity contribution in [2.45, 2.75) is 24.4 Å². The highest BCUT2D eigenvalue weighted by Gasteiger charge is 2.47. The fourth-order valence-corrected chi connectivity index (χ4v) is 2.24. The Morgan fingerprint density at radius 1 is 1.58 bits per heavy atom. The van der Waals surface area contributed by atoms with Crippen LogP contribution in [-0.4, -0.2) is 48.0 Å². The summed E-state index contributed by atoms with van der Waals surface area (Å²) >= 11 is 0. The van der Waals surface area contributed by atoms with Gasteiger partial charge < -0.3 is 14.9 Å². The summed E-state index contributed by atoms with van der Waals surface area (Å²) in [4.78, 5) is 12.2. The van der Waals surface area contributed by atoms with Gasteiger partial charge in [-0.15, -0.1) is 6.42 Å². The van der Waals surface area contributed by atoms with Crippen molar-refractivity contribution in [2.75, 3.05) is 6.61 Å². The van der Waals surface area contributed by atoms with Gasteiger partial charge in [0.2, 0.25) is 0 Å². The summed E-state index contributed by atoms with van der Waals surface area (Å²) in [6.45, 7) is -0.442. The van der Waals surface area contributed by atoms with Gasteiger partial charge in [0.1, 0.15) is 24.2 Å². The normalized spacial score (nSPS) is 30.6. The fourth-order valence-electron chi connectivity index (χ4n) is 2.24. The molecule has 98 valence electrons. The van der Waals surface area contributed by atoms with Crippen molar-refractivity contribution in [3.05, 3.63) is 18.9 Å². The molecule has 0 radical (unpaired) electrons. The highest BCUT2D eigenvalue weighted by molar-refractivity contribution is 5.68. The smallest absolute Gasteiger partial charge is 0.179 e. The maximum absolute atomic E-state index is 9.99. The zero-order valence-electron chi connectivity index (χ0n) is 9.97. The van der Waals surface area contributed by atoms with Gasteiger partial charge in [0.25, 0.3) is 0 Å². The highest BCUT2D eigenvalue weighted by Crippen LogP contribution is 2.37. The summed E-state index contributed by atoms with van der Waals surface area (Å²) in [5, 5.41) is 19.3.